The molecule has 174 valence electrons. The van der Waals surface area contributed by atoms with Crippen LogP contribution in [0.25, 0.3) is 0 Å². The maximum Gasteiger partial charge on any atom is 0.416 e. The predicted molar refractivity (Wildman–Crippen MR) is 100 cm³/mol. The highest BCUT2D eigenvalue weighted by Gasteiger charge is 2.53. The van der Waals surface area contributed by atoms with E-state index in [2.05, 4.69) is 4.72 Å². The summed E-state index contributed by atoms with van der Waals surface area (Å²) in [5, 5.41) is -0.0765. The molecule has 1 N–H and O–H groups in total. The van der Waals surface area contributed by atoms with Crippen LogP contribution >= 0.6 is 11.6 Å². The monoisotopic (exact) mass is 502 g/mol. The minimum Gasteiger partial charge on any atom is -0.207 e. The zero-order valence-electron chi connectivity index (χ0n) is 15.8. The van der Waals surface area contributed by atoms with Gasteiger partial charge in [-0.05, 0) is 60.4 Å². The van der Waals surface area contributed by atoms with Crippen LogP contribution in [0.1, 0.15) is 47.2 Å². The first-order valence-electron chi connectivity index (χ1n) is 9.23. The highest BCUT2D eigenvalue weighted by molar-refractivity contribution is 7.87. The molecule has 0 unspecified atom stereocenters. The molecule has 2 aromatic rings. The van der Waals surface area contributed by atoms with Crippen molar-refractivity contribution in [3.05, 3.63) is 69.5 Å². The summed E-state index contributed by atoms with van der Waals surface area (Å²) in [6, 6.07) is 1.09. The van der Waals surface area contributed by atoms with E-state index < -0.39 is 57.6 Å². The number of nitrogens with one attached hydrogen (secondary N) is 1. The zero-order valence-corrected chi connectivity index (χ0v) is 17.4. The Balaban J connectivity index is 1.75. The van der Waals surface area contributed by atoms with Gasteiger partial charge in [-0.1, -0.05) is 11.6 Å². The van der Waals surface area contributed by atoms with E-state index in [9.17, 15) is 39.2 Å². The molecule has 3 atom stereocenters. The third kappa shape index (κ3) is 4.09. The molecule has 13 heteroatoms. The molecule has 0 bridgehead atoms. The van der Waals surface area contributed by atoms with E-state index in [0.29, 0.717) is 12.1 Å². The average molecular weight is 503 g/mol. The standard InChI is InChI=1S/C19H14ClF7N2O2S/c20-14-2-1-10(18(22,23)24)8-13(14)15-3-4-16-17(28-32(30,31)29(15)16)9-5-11(19(25,26)27)7-12(21)6-9/h1-2,5-8,15-17,28H,3-4H2/t15-,16-,17+/m0/s1. The Morgan fingerprint density at radius 1 is 0.938 bits per heavy atom. The average Bonchev–Trinajstić information content (AvgIpc) is 3.20. The summed E-state index contributed by atoms with van der Waals surface area (Å²) >= 11 is 6.07. The van der Waals surface area contributed by atoms with E-state index in [-0.39, 0.29) is 29.0 Å². The van der Waals surface area contributed by atoms with Gasteiger partial charge in [0, 0.05) is 11.1 Å². The Hall–Kier alpha value is -1.89. The molecule has 0 aliphatic carbocycles. The van der Waals surface area contributed by atoms with Crippen molar-refractivity contribution < 1.29 is 39.2 Å². The van der Waals surface area contributed by atoms with Crippen LogP contribution in [0.5, 0.6) is 0 Å². The topological polar surface area (TPSA) is 49.4 Å². The highest BCUT2D eigenvalue weighted by atomic mass is 35.5. The molecule has 2 aliphatic heterocycles. The van der Waals surface area contributed by atoms with E-state index in [0.717, 1.165) is 28.6 Å². The molecular formula is C19H14ClF7N2O2S. The summed E-state index contributed by atoms with van der Waals surface area (Å²) in [4.78, 5) is 0. The van der Waals surface area contributed by atoms with Gasteiger partial charge in [0.05, 0.1) is 23.2 Å². The number of fused-ring (bicyclic) bond motifs is 1. The minimum atomic E-state index is -4.85. The van der Waals surface area contributed by atoms with Crippen molar-refractivity contribution in [3.8, 4) is 0 Å². The molecule has 0 amide bonds. The molecule has 0 aromatic heterocycles. The summed E-state index contributed by atoms with van der Waals surface area (Å²) in [7, 11) is -4.30. The lowest BCUT2D eigenvalue weighted by Crippen LogP contribution is -2.33. The van der Waals surface area contributed by atoms with Crippen molar-refractivity contribution in [1.29, 1.82) is 0 Å². The number of benzene rings is 2. The number of nitrogens with zero attached hydrogens (tertiary/aromatic N) is 1. The summed E-state index contributed by atoms with van der Waals surface area (Å²) in [6.45, 7) is 0. The lowest BCUT2D eigenvalue weighted by atomic mass is 9.97. The van der Waals surface area contributed by atoms with Gasteiger partial charge in [-0.3, -0.25) is 0 Å². The molecule has 0 radical (unpaired) electrons. The first kappa shape index (κ1) is 23.3. The summed E-state index contributed by atoms with van der Waals surface area (Å²) in [5.74, 6) is -1.19. The molecule has 2 aromatic carbocycles. The second-order valence-electron chi connectivity index (χ2n) is 7.60. The molecule has 2 heterocycles. The van der Waals surface area contributed by atoms with Gasteiger partial charge in [-0.25, -0.2) is 4.39 Å². The van der Waals surface area contributed by atoms with E-state index in [1.165, 1.54) is 0 Å². The van der Waals surface area contributed by atoms with Gasteiger partial charge in [0.2, 0.25) is 0 Å². The normalized spacial score (nSPS) is 25.8. The van der Waals surface area contributed by atoms with E-state index in [1.807, 2.05) is 0 Å². The third-order valence-corrected chi connectivity index (χ3v) is 7.57. The smallest absolute Gasteiger partial charge is 0.207 e. The van der Waals surface area contributed by atoms with Gasteiger partial charge in [0.1, 0.15) is 5.82 Å². The Morgan fingerprint density at radius 2 is 1.59 bits per heavy atom. The second-order valence-corrected chi connectivity index (χ2v) is 9.61. The van der Waals surface area contributed by atoms with Crippen molar-refractivity contribution >= 4 is 21.8 Å². The first-order chi connectivity index (χ1) is 14.7. The highest BCUT2D eigenvalue weighted by Crippen LogP contribution is 2.49. The van der Waals surface area contributed by atoms with E-state index in [4.69, 9.17) is 11.6 Å². The number of halogens is 8. The Morgan fingerprint density at radius 3 is 2.22 bits per heavy atom. The maximum atomic E-state index is 13.9. The largest absolute Gasteiger partial charge is 0.416 e. The maximum absolute atomic E-state index is 13.9. The lowest BCUT2D eigenvalue weighted by Gasteiger charge is -2.24. The lowest BCUT2D eigenvalue weighted by molar-refractivity contribution is -0.138. The fourth-order valence-electron chi connectivity index (χ4n) is 4.29. The molecule has 0 saturated carbocycles. The fourth-order valence-corrected chi connectivity index (χ4v) is 6.40. The molecule has 4 nitrogen and oxygen atoms in total. The Bertz CT molecular complexity index is 1170. The molecule has 0 spiro atoms. The molecule has 2 aliphatic rings. The van der Waals surface area contributed by atoms with Gasteiger partial charge >= 0.3 is 12.4 Å². The van der Waals surface area contributed by atoms with Gasteiger partial charge in [-0.2, -0.15) is 43.8 Å². The van der Waals surface area contributed by atoms with Crippen LogP contribution in [0, 0.1) is 5.82 Å². The van der Waals surface area contributed by atoms with Crippen LogP contribution in [0.3, 0.4) is 0 Å². The van der Waals surface area contributed by atoms with Gasteiger partial charge < -0.3 is 0 Å². The molecular weight excluding hydrogens is 489 g/mol. The number of hydrogen-bond acceptors (Lipinski definition) is 2. The van der Waals surface area contributed by atoms with Crippen LogP contribution in [-0.2, 0) is 22.6 Å². The van der Waals surface area contributed by atoms with Gasteiger partial charge in [0.25, 0.3) is 10.2 Å². The SMILES string of the molecule is O=S1(=O)N[C@H](c2cc(F)cc(C(F)(F)F)c2)[C@@H]2CC[C@@H](c3cc(C(F)(F)F)ccc3Cl)N21. The molecule has 4 rings (SSSR count). The summed E-state index contributed by atoms with van der Waals surface area (Å²) < 4.78 is 121. The van der Waals surface area contributed by atoms with Gasteiger partial charge in [-0.15, -0.1) is 0 Å². The Labute approximate surface area is 183 Å². The molecule has 2 saturated heterocycles. The van der Waals surface area contributed by atoms with Crippen molar-refractivity contribution in [2.45, 2.75) is 43.3 Å². The Kier molecular flexibility index (Phi) is 5.51. The van der Waals surface area contributed by atoms with Crippen molar-refractivity contribution in [2.75, 3.05) is 0 Å². The van der Waals surface area contributed by atoms with Crippen LogP contribution in [-0.4, -0.2) is 18.8 Å². The van der Waals surface area contributed by atoms with Crippen molar-refractivity contribution in [1.82, 2.24) is 9.03 Å². The van der Waals surface area contributed by atoms with Crippen LogP contribution in [0.2, 0.25) is 5.02 Å². The second kappa shape index (κ2) is 7.57. The van der Waals surface area contributed by atoms with Crippen LogP contribution in [0.4, 0.5) is 30.7 Å². The van der Waals surface area contributed by atoms with Crippen LogP contribution < -0.4 is 4.72 Å². The van der Waals surface area contributed by atoms with Crippen molar-refractivity contribution in [2.24, 2.45) is 0 Å². The van der Waals surface area contributed by atoms with Crippen LogP contribution in [0.15, 0.2) is 36.4 Å². The summed E-state index contributed by atoms with van der Waals surface area (Å²) in [6.07, 6.45) is -9.33. The summed E-state index contributed by atoms with van der Waals surface area (Å²) in [5.41, 5.74) is -2.59. The first-order valence-corrected chi connectivity index (χ1v) is 11.1. The van der Waals surface area contributed by atoms with E-state index >= 15 is 0 Å². The van der Waals surface area contributed by atoms with E-state index in [1.54, 1.807) is 0 Å². The van der Waals surface area contributed by atoms with Crippen molar-refractivity contribution in [3.63, 3.8) is 0 Å². The quantitative estimate of drug-likeness (QED) is 0.543. The number of alkyl halides is 6. The minimum absolute atomic E-state index is 0.0646. The predicted octanol–water partition coefficient (Wildman–Crippen LogP) is 5.61. The fraction of sp³-hybridized carbons (Fsp3) is 0.368. The number of rotatable bonds is 2. The molecule has 32 heavy (non-hydrogen) atoms. The zero-order chi connectivity index (χ0) is 23.6. The third-order valence-electron chi connectivity index (χ3n) is 5.60. The molecule has 2 fully saturated rings. The van der Waals surface area contributed by atoms with Gasteiger partial charge in [0.15, 0.2) is 0 Å². The number of hydrogen-bond donors (Lipinski definition) is 1.